The van der Waals surface area contributed by atoms with E-state index >= 15 is 0 Å². The van der Waals surface area contributed by atoms with Crippen LogP contribution in [0.2, 0.25) is 18.1 Å². The van der Waals surface area contributed by atoms with Crippen molar-refractivity contribution in [3.05, 3.63) is 0 Å². The van der Waals surface area contributed by atoms with Gasteiger partial charge in [0.25, 0.3) is 0 Å². The molecule has 1 rings (SSSR count). The monoisotopic (exact) mass is 246 g/mol. The number of rotatable bonds is 3. The first-order valence-corrected chi connectivity index (χ1v) is 8.57. The van der Waals surface area contributed by atoms with E-state index in [9.17, 15) is 9.90 Å². The maximum Gasteiger partial charge on any atom is 0.335 e. The molecule has 16 heavy (non-hydrogen) atoms. The van der Waals surface area contributed by atoms with Gasteiger partial charge in [-0.3, -0.25) is 0 Å². The lowest BCUT2D eigenvalue weighted by Crippen LogP contribution is -2.42. The Hall–Kier alpha value is -0.393. The summed E-state index contributed by atoms with van der Waals surface area (Å²) in [5.41, 5.74) is 0. The number of esters is 1. The van der Waals surface area contributed by atoms with Gasteiger partial charge >= 0.3 is 5.97 Å². The summed E-state index contributed by atoms with van der Waals surface area (Å²) in [6.07, 6.45) is -0.891. The fraction of sp³-hybridized carbons (Fsp3) is 0.909. The third-order valence-electron chi connectivity index (χ3n) is 3.48. The summed E-state index contributed by atoms with van der Waals surface area (Å²) >= 11 is 0. The van der Waals surface area contributed by atoms with E-state index in [0.717, 1.165) is 0 Å². The largest absolute Gasteiger partial charge is 0.458 e. The Balaban J connectivity index is 2.44. The molecule has 2 atom stereocenters. The molecule has 0 spiro atoms. The second-order valence-corrected chi connectivity index (χ2v) is 10.7. The Morgan fingerprint density at radius 3 is 2.44 bits per heavy atom. The summed E-state index contributed by atoms with van der Waals surface area (Å²) in [5, 5.41) is 9.39. The number of hydrogen-bond acceptors (Lipinski definition) is 4. The maximum absolute atomic E-state index is 11.0. The number of aliphatic hydroxyl groups is 1. The molecule has 94 valence electrons. The van der Waals surface area contributed by atoms with Crippen molar-refractivity contribution in [3.63, 3.8) is 0 Å². The Labute approximate surface area is 98.1 Å². The first kappa shape index (κ1) is 13.7. The highest BCUT2D eigenvalue weighted by molar-refractivity contribution is 6.74. The molecular weight excluding hydrogens is 224 g/mol. The quantitative estimate of drug-likeness (QED) is 0.608. The molecule has 0 radical (unpaired) electrons. The highest BCUT2D eigenvalue weighted by Crippen LogP contribution is 2.36. The fourth-order valence-corrected chi connectivity index (χ4v) is 2.29. The number of cyclic esters (lactones) is 1. The maximum atomic E-state index is 11.0. The van der Waals surface area contributed by atoms with Crippen LogP contribution in [0, 0.1) is 0 Å². The van der Waals surface area contributed by atoms with Crippen molar-refractivity contribution >= 4 is 14.3 Å². The number of ether oxygens (including phenoxy) is 1. The lowest BCUT2D eigenvalue weighted by atomic mass is 10.2. The highest BCUT2D eigenvalue weighted by atomic mass is 28.4. The smallest absolute Gasteiger partial charge is 0.335 e. The van der Waals surface area contributed by atoms with Crippen LogP contribution in [0.3, 0.4) is 0 Å². The van der Waals surface area contributed by atoms with Gasteiger partial charge in [-0.1, -0.05) is 20.8 Å². The van der Waals surface area contributed by atoms with Gasteiger partial charge in [-0.2, -0.15) is 0 Å². The van der Waals surface area contributed by atoms with E-state index in [1.165, 1.54) is 0 Å². The number of carbonyl (C=O) groups excluding carboxylic acids is 1. The lowest BCUT2D eigenvalue weighted by molar-refractivity contribution is -0.148. The van der Waals surface area contributed by atoms with Crippen molar-refractivity contribution in [2.24, 2.45) is 0 Å². The van der Waals surface area contributed by atoms with Crippen LogP contribution in [-0.2, 0) is 14.0 Å². The first-order chi connectivity index (χ1) is 7.13. The van der Waals surface area contributed by atoms with Crippen LogP contribution in [0.15, 0.2) is 0 Å². The Morgan fingerprint density at radius 2 is 2.06 bits per heavy atom. The standard InChI is InChI=1S/C11H22O4Si/c1-11(2,3)16(4,5)14-7-8-6-9(12)10(13)15-8/h8-9,12H,6-7H2,1-5H3/t8-,9-/m0/s1. The molecule has 0 aromatic carbocycles. The summed E-state index contributed by atoms with van der Waals surface area (Å²) in [6, 6.07) is 0. The zero-order valence-corrected chi connectivity index (χ0v) is 11.7. The zero-order valence-electron chi connectivity index (χ0n) is 10.7. The Morgan fingerprint density at radius 1 is 1.50 bits per heavy atom. The van der Waals surface area contributed by atoms with E-state index in [2.05, 4.69) is 33.9 Å². The predicted molar refractivity (Wildman–Crippen MR) is 63.7 cm³/mol. The van der Waals surface area contributed by atoms with Crippen molar-refractivity contribution in [2.45, 2.75) is 57.5 Å². The van der Waals surface area contributed by atoms with Crippen molar-refractivity contribution in [3.8, 4) is 0 Å². The molecular formula is C11H22O4Si. The van der Waals surface area contributed by atoms with Gasteiger partial charge in [0.15, 0.2) is 14.4 Å². The zero-order chi connectivity index (χ0) is 12.6. The molecule has 0 aromatic heterocycles. The van der Waals surface area contributed by atoms with Crippen molar-refractivity contribution in [1.29, 1.82) is 0 Å². The van der Waals surface area contributed by atoms with Crippen LogP contribution in [0.5, 0.6) is 0 Å². The van der Waals surface area contributed by atoms with Gasteiger partial charge in [-0.05, 0) is 18.1 Å². The molecule has 0 saturated carbocycles. The van der Waals surface area contributed by atoms with E-state index in [4.69, 9.17) is 9.16 Å². The fourth-order valence-electron chi connectivity index (χ4n) is 1.26. The number of aliphatic hydroxyl groups excluding tert-OH is 1. The summed E-state index contributed by atoms with van der Waals surface area (Å²) < 4.78 is 10.9. The summed E-state index contributed by atoms with van der Waals surface area (Å²) in [4.78, 5) is 11.0. The molecule has 1 fully saturated rings. The number of hydrogen-bond donors (Lipinski definition) is 1. The summed E-state index contributed by atoms with van der Waals surface area (Å²) in [7, 11) is -1.79. The van der Waals surface area contributed by atoms with Gasteiger partial charge in [0, 0.05) is 6.42 Å². The molecule has 1 N–H and O–H groups in total. The van der Waals surface area contributed by atoms with Crippen LogP contribution >= 0.6 is 0 Å². The molecule has 0 bridgehead atoms. The van der Waals surface area contributed by atoms with Crippen LogP contribution in [0.1, 0.15) is 27.2 Å². The van der Waals surface area contributed by atoms with Gasteiger partial charge in [0.05, 0.1) is 6.61 Å². The second-order valence-electron chi connectivity index (χ2n) is 5.88. The molecule has 0 aromatic rings. The van der Waals surface area contributed by atoms with E-state index in [-0.39, 0.29) is 11.1 Å². The van der Waals surface area contributed by atoms with Gasteiger partial charge in [-0.25, -0.2) is 4.79 Å². The van der Waals surface area contributed by atoms with Gasteiger partial charge in [-0.15, -0.1) is 0 Å². The molecule has 0 aliphatic carbocycles. The third-order valence-corrected chi connectivity index (χ3v) is 7.98. The molecule has 0 unspecified atom stereocenters. The lowest BCUT2D eigenvalue weighted by Gasteiger charge is -2.36. The minimum absolute atomic E-state index is 0.147. The summed E-state index contributed by atoms with van der Waals surface area (Å²) in [6.45, 7) is 11.2. The average molecular weight is 246 g/mol. The minimum Gasteiger partial charge on any atom is -0.458 e. The Kier molecular flexibility index (Phi) is 3.82. The van der Waals surface area contributed by atoms with Crippen LogP contribution < -0.4 is 0 Å². The molecule has 5 heteroatoms. The van der Waals surface area contributed by atoms with Crippen LogP contribution in [0.25, 0.3) is 0 Å². The third kappa shape index (κ3) is 3.05. The molecule has 1 aliphatic heterocycles. The Bertz CT molecular complexity index is 270. The first-order valence-electron chi connectivity index (χ1n) is 5.66. The van der Waals surface area contributed by atoms with Crippen LogP contribution in [0.4, 0.5) is 0 Å². The van der Waals surface area contributed by atoms with Gasteiger partial charge < -0.3 is 14.3 Å². The van der Waals surface area contributed by atoms with Gasteiger partial charge in [0.1, 0.15) is 6.10 Å². The number of carbonyl (C=O) groups is 1. The normalized spacial score (nSPS) is 27.0. The van der Waals surface area contributed by atoms with E-state index in [1.807, 2.05) is 0 Å². The predicted octanol–water partition coefficient (Wildman–Crippen LogP) is 1.68. The van der Waals surface area contributed by atoms with E-state index < -0.39 is 20.4 Å². The topological polar surface area (TPSA) is 55.8 Å². The molecule has 1 aliphatic rings. The van der Waals surface area contributed by atoms with E-state index in [0.29, 0.717) is 13.0 Å². The molecule has 1 heterocycles. The van der Waals surface area contributed by atoms with E-state index in [1.54, 1.807) is 0 Å². The van der Waals surface area contributed by atoms with Crippen molar-refractivity contribution in [1.82, 2.24) is 0 Å². The average Bonchev–Trinajstić information content (AvgIpc) is 2.41. The van der Waals surface area contributed by atoms with Crippen molar-refractivity contribution < 1.29 is 19.1 Å². The molecule has 0 amide bonds. The molecule has 1 saturated heterocycles. The van der Waals surface area contributed by atoms with Gasteiger partial charge in [0.2, 0.25) is 0 Å². The molecule has 4 nitrogen and oxygen atoms in total. The van der Waals surface area contributed by atoms with Crippen molar-refractivity contribution in [2.75, 3.05) is 6.61 Å². The highest BCUT2D eigenvalue weighted by Gasteiger charge is 2.39. The second kappa shape index (κ2) is 4.47. The summed E-state index contributed by atoms with van der Waals surface area (Å²) in [5.74, 6) is -0.524. The van der Waals surface area contributed by atoms with Crippen LogP contribution in [-0.4, -0.2) is 38.2 Å². The minimum atomic E-state index is -1.79. The SMILES string of the molecule is CC(C)(C)[Si](C)(C)OC[C@@H]1C[C@H](O)C(=O)O1.